The molecule has 0 unspecified atom stereocenters. The fourth-order valence-corrected chi connectivity index (χ4v) is 5.61. The molecule has 2 aromatic carbocycles. The maximum atomic E-state index is 13.4. The van der Waals surface area contributed by atoms with Crippen LogP contribution in [0.1, 0.15) is 48.0 Å². The Balaban J connectivity index is 1.88. The lowest BCUT2D eigenvalue weighted by Crippen LogP contribution is -2.45. The molecule has 0 heterocycles. The van der Waals surface area contributed by atoms with E-state index in [4.69, 9.17) is 0 Å². The number of hydrogen-bond acceptors (Lipinski definition) is 5. The van der Waals surface area contributed by atoms with Crippen molar-refractivity contribution in [2.45, 2.75) is 49.2 Å². The van der Waals surface area contributed by atoms with E-state index < -0.39 is 51.9 Å². The smallest absolute Gasteiger partial charge is 0.418 e. The van der Waals surface area contributed by atoms with Crippen molar-refractivity contribution in [1.29, 1.82) is 0 Å². The molecule has 1 fully saturated rings. The van der Waals surface area contributed by atoms with Crippen molar-refractivity contribution >= 4 is 27.6 Å². The molecule has 0 atom stereocenters. The number of halogens is 3. The van der Waals surface area contributed by atoms with Gasteiger partial charge in [0.05, 0.1) is 35.4 Å². The summed E-state index contributed by atoms with van der Waals surface area (Å²) in [5.74, 6) is -1.51. The fourth-order valence-electron chi connectivity index (χ4n) is 3.97. The highest BCUT2D eigenvalue weighted by Crippen LogP contribution is 2.35. The number of nitrogens with zero attached hydrogens (tertiary/aromatic N) is 1. The molecule has 1 saturated carbocycles. The molecule has 0 aromatic heterocycles. The summed E-state index contributed by atoms with van der Waals surface area (Å²) in [5.41, 5.74) is -1.30. The van der Waals surface area contributed by atoms with E-state index >= 15 is 0 Å². The van der Waals surface area contributed by atoms with Crippen molar-refractivity contribution < 1.29 is 35.9 Å². The molecule has 184 valence electrons. The van der Waals surface area contributed by atoms with Crippen LogP contribution in [0.4, 0.5) is 18.9 Å². The molecule has 7 nitrogen and oxygen atoms in total. The molecule has 1 aliphatic carbocycles. The number of hydrogen-bond donors (Lipinski definition) is 1. The Bertz CT molecular complexity index is 1130. The van der Waals surface area contributed by atoms with Crippen LogP contribution in [0, 0.1) is 0 Å². The molecule has 3 rings (SSSR count). The lowest BCUT2D eigenvalue weighted by Gasteiger charge is -2.33. The number of benzene rings is 2. The van der Waals surface area contributed by atoms with Crippen LogP contribution in [0.15, 0.2) is 53.4 Å². The first-order chi connectivity index (χ1) is 16.0. The average Bonchev–Trinajstić information content (AvgIpc) is 2.82. The second kappa shape index (κ2) is 10.6. The first-order valence-electron chi connectivity index (χ1n) is 10.7. The Morgan fingerprint density at radius 1 is 1.03 bits per heavy atom. The number of para-hydroxylation sites is 1. The molecule has 2 aromatic rings. The van der Waals surface area contributed by atoms with Gasteiger partial charge in [-0.15, -0.1) is 0 Å². The number of amides is 1. The zero-order valence-corrected chi connectivity index (χ0v) is 19.3. The van der Waals surface area contributed by atoms with E-state index in [0.29, 0.717) is 12.8 Å². The van der Waals surface area contributed by atoms with Crippen molar-refractivity contribution in [2.24, 2.45) is 0 Å². The molecule has 0 saturated heterocycles. The second-order valence-corrected chi connectivity index (χ2v) is 9.84. The lowest BCUT2D eigenvalue weighted by molar-refractivity contribution is -0.137. The Kier molecular flexibility index (Phi) is 7.98. The quantitative estimate of drug-likeness (QED) is 0.570. The fraction of sp³-hybridized carbons (Fsp3) is 0.391. The Morgan fingerprint density at radius 2 is 1.65 bits per heavy atom. The summed E-state index contributed by atoms with van der Waals surface area (Å²) in [5, 5.41) is 2.22. The van der Waals surface area contributed by atoms with E-state index in [1.165, 1.54) is 43.5 Å². The van der Waals surface area contributed by atoms with Crippen molar-refractivity contribution in [3.63, 3.8) is 0 Å². The van der Waals surface area contributed by atoms with Gasteiger partial charge in [0, 0.05) is 6.04 Å². The molecule has 1 N–H and O–H groups in total. The number of ether oxygens (including phenoxy) is 1. The topological polar surface area (TPSA) is 92.8 Å². The van der Waals surface area contributed by atoms with Crippen LogP contribution < -0.4 is 5.32 Å². The Hall–Kier alpha value is -2.92. The van der Waals surface area contributed by atoms with Crippen LogP contribution in [-0.2, 0) is 25.7 Å². The maximum Gasteiger partial charge on any atom is 0.418 e. The van der Waals surface area contributed by atoms with Gasteiger partial charge in [0.2, 0.25) is 15.9 Å². The van der Waals surface area contributed by atoms with Gasteiger partial charge in [0.25, 0.3) is 0 Å². The van der Waals surface area contributed by atoms with Crippen LogP contribution in [-0.4, -0.2) is 44.3 Å². The first kappa shape index (κ1) is 25.7. The summed E-state index contributed by atoms with van der Waals surface area (Å²) >= 11 is 0. The summed E-state index contributed by atoms with van der Waals surface area (Å²) in [7, 11) is -2.98. The van der Waals surface area contributed by atoms with Gasteiger partial charge in [0.15, 0.2) is 0 Å². The second-order valence-electron chi connectivity index (χ2n) is 7.95. The number of alkyl halides is 3. The van der Waals surface area contributed by atoms with E-state index in [0.717, 1.165) is 35.7 Å². The third kappa shape index (κ3) is 5.95. The summed E-state index contributed by atoms with van der Waals surface area (Å²) in [6, 6.07) is 9.14. The number of sulfonamides is 1. The van der Waals surface area contributed by atoms with E-state index in [9.17, 15) is 31.2 Å². The molecule has 0 bridgehead atoms. The van der Waals surface area contributed by atoms with Crippen LogP contribution in [0.2, 0.25) is 0 Å². The van der Waals surface area contributed by atoms with Gasteiger partial charge in [0.1, 0.15) is 0 Å². The highest BCUT2D eigenvalue weighted by molar-refractivity contribution is 7.89. The van der Waals surface area contributed by atoms with Gasteiger partial charge in [-0.05, 0) is 49.2 Å². The van der Waals surface area contributed by atoms with Gasteiger partial charge < -0.3 is 10.1 Å². The maximum absolute atomic E-state index is 13.4. The predicted octanol–water partition coefficient (Wildman–Crippen LogP) is 4.45. The molecule has 0 aliphatic heterocycles. The normalized spacial score (nSPS) is 15.2. The minimum absolute atomic E-state index is 0.130. The molecule has 34 heavy (non-hydrogen) atoms. The number of nitrogens with one attached hydrogen (secondary N) is 1. The first-order valence-corrected chi connectivity index (χ1v) is 12.1. The zero-order valence-electron chi connectivity index (χ0n) is 18.5. The number of anilines is 1. The van der Waals surface area contributed by atoms with E-state index in [1.807, 2.05) is 0 Å². The molecule has 1 aliphatic rings. The van der Waals surface area contributed by atoms with Crippen LogP contribution in [0.3, 0.4) is 0 Å². The van der Waals surface area contributed by atoms with Crippen LogP contribution in [0.5, 0.6) is 0 Å². The van der Waals surface area contributed by atoms with E-state index in [2.05, 4.69) is 10.1 Å². The molecular weight excluding hydrogens is 473 g/mol. The third-order valence-corrected chi connectivity index (χ3v) is 7.58. The lowest BCUT2D eigenvalue weighted by atomic mass is 9.95. The molecule has 0 spiro atoms. The van der Waals surface area contributed by atoms with Crippen molar-refractivity contribution in [1.82, 2.24) is 4.31 Å². The Morgan fingerprint density at radius 3 is 2.24 bits per heavy atom. The van der Waals surface area contributed by atoms with Crippen molar-refractivity contribution in [3.05, 3.63) is 59.7 Å². The van der Waals surface area contributed by atoms with Crippen molar-refractivity contribution in [3.8, 4) is 0 Å². The van der Waals surface area contributed by atoms with E-state index in [1.54, 1.807) is 0 Å². The Labute approximate surface area is 196 Å². The van der Waals surface area contributed by atoms with E-state index in [-0.39, 0.29) is 10.5 Å². The standard InChI is InChI=1S/C23H25F3N2O5S/c1-33-22(30)16-11-13-18(14-12-16)34(31,32)28(17-7-3-2-4-8-17)15-21(29)27-20-10-6-5-9-19(20)23(24,25)26/h5-6,9-14,17H,2-4,7-8,15H2,1H3,(H,27,29). The largest absolute Gasteiger partial charge is 0.465 e. The highest BCUT2D eigenvalue weighted by atomic mass is 32.2. The van der Waals surface area contributed by atoms with Gasteiger partial charge in [-0.1, -0.05) is 31.4 Å². The SMILES string of the molecule is COC(=O)c1ccc(S(=O)(=O)N(CC(=O)Nc2ccccc2C(F)(F)F)C2CCCCC2)cc1. The summed E-state index contributed by atoms with van der Waals surface area (Å²) < 4.78 is 72.4. The van der Waals surface area contributed by atoms with Gasteiger partial charge in [-0.2, -0.15) is 17.5 Å². The number of methoxy groups -OCH3 is 1. The number of rotatable bonds is 7. The monoisotopic (exact) mass is 498 g/mol. The van der Waals surface area contributed by atoms with Gasteiger partial charge >= 0.3 is 12.1 Å². The van der Waals surface area contributed by atoms with Gasteiger partial charge in [-0.3, -0.25) is 4.79 Å². The minimum atomic E-state index is -4.68. The molecule has 0 radical (unpaired) electrons. The summed E-state index contributed by atoms with van der Waals surface area (Å²) in [6.07, 6.45) is -1.13. The molecule has 11 heteroatoms. The summed E-state index contributed by atoms with van der Waals surface area (Å²) in [4.78, 5) is 24.3. The average molecular weight is 499 g/mol. The number of carbonyl (C=O) groups is 2. The number of carbonyl (C=O) groups excluding carboxylic acids is 2. The van der Waals surface area contributed by atoms with Crippen LogP contribution >= 0.6 is 0 Å². The third-order valence-electron chi connectivity index (χ3n) is 5.67. The molecular formula is C23H25F3N2O5S. The van der Waals surface area contributed by atoms with Crippen LogP contribution in [0.25, 0.3) is 0 Å². The van der Waals surface area contributed by atoms with Gasteiger partial charge in [-0.25, -0.2) is 13.2 Å². The molecule has 1 amide bonds. The highest BCUT2D eigenvalue weighted by Gasteiger charge is 2.36. The van der Waals surface area contributed by atoms with Crippen molar-refractivity contribution in [2.75, 3.05) is 19.0 Å². The minimum Gasteiger partial charge on any atom is -0.465 e. The number of esters is 1. The summed E-state index contributed by atoms with van der Waals surface area (Å²) in [6.45, 7) is -0.641. The predicted molar refractivity (Wildman–Crippen MR) is 119 cm³/mol. The zero-order chi connectivity index (χ0) is 24.9.